The van der Waals surface area contributed by atoms with Crippen molar-refractivity contribution in [3.8, 4) is 11.4 Å². The monoisotopic (exact) mass is 348 g/mol. The smallest absolute Gasteiger partial charge is 0.138 e. The number of hydrogen-bond donors (Lipinski definition) is 0. The van der Waals surface area contributed by atoms with E-state index < -0.39 is 0 Å². The van der Waals surface area contributed by atoms with Crippen LogP contribution in [0.1, 0.15) is 24.3 Å². The predicted octanol–water partition coefficient (Wildman–Crippen LogP) is 4.41. The molecule has 0 unspecified atom stereocenters. The summed E-state index contributed by atoms with van der Waals surface area (Å²) in [6.45, 7) is 5.29. The van der Waals surface area contributed by atoms with Crippen LogP contribution in [0.2, 0.25) is 0 Å². The summed E-state index contributed by atoms with van der Waals surface area (Å²) in [6, 6.07) is 20.9. The van der Waals surface area contributed by atoms with Crippen LogP contribution in [0.3, 0.4) is 0 Å². The van der Waals surface area contributed by atoms with Gasteiger partial charge in [0.1, 0.15) is 12.0 Å². The molecule has 1 saturated heterocycles. The Balaban J connectivity index is 1.52. The lowest BCUT2D eigenvalue weighted by atomic mass is 10.2. The maximum atomic E-state index is 6.02. The molecule has 1 fully saturated rings. The van der Waals surface area contributed by atoms with Crippen molar-refractivity contribution in [3.63, 3.8) is 0 Å². The van der Waals surface area contributed by atoms with Crippen LogP contribution in [0.25, 0.3) is 5.69 Å². The van der Waals surface area contributed by atoms with E-state index in [9.17, 15) is 0 Å². The van der Waals surface area contributed by atoms with Gasteiger partial charge >= 0.3 is 0 Å². The van der Waals surface area contributed by atoms with E-state index >= 15 is 0 Å². The van der Waals surface area contributed by atoms with E-state index in [4.69, 9.17) is 9.47 Å². The largest absolute Gasteiger partial charge is 0.494 e. The van der Waals surface area contributed by atoms with E-state index in [1.54, 1.807) is 0 Å². The zero-order chi connectivity index (χ0) is 17.8. The van der Waals surface area contributed by atoms with Gasteiger partial charge in [-0.05, 0) is 30.7 Å². The third kappa shape index (κ3) is 3.66. The van der Waals surface area contributed by atoms with Crippen LogP contribution in [-0.4, -0.2) is 29.2 Å². The molecule has 0 bridgehead atoms. The van der Waals surface area contributed by atoms with Gasteiger partial charge in [0.25, 0.3) is 0 Å². The second-order valence-corrected chi connectivity index (χ2v) is 6.46. The van der Waals surface area contributed by atoms with Crippen LogP contribution in [-0.2, 0) is 11.3 Å². The maximum absolute atomic E-state index is 6.02. The van der Waals surface area contributed by atoms with Crippen molar-refractivity contribution in [2.24, 2.45) is 0 Å². The first-order chi connectivity index (χ1) is 12.8. The normalized spacial score (nSPS) is 17.5. The summed E-state index contributed by atoms with van der Waals surface area (Å²) >= 11 is 0. The van der Waals surface area contributed by atoms with Gasteiger partial charge < -0.3 is 14.0 Å². The summed E-state index contributed by atoms with van der Waals surface area (Å²) in [5.74, 6) is 0.892. The molecule has 1 aliphatic heterocycles. The Hall–Kier alpha value is -2.56. The summed E-state index contributed by atoms with van der Waals surface area (Å²) in [5.41, 5.74) is 3.59. The van der Waals surface area contributed by atoms with Gasteiger partial charge in [0.2, 0.25) is 0 Å². The lowest BCUT2D eigenvalue weighted by molar-refractivity contribution is 0.0288. The van der Waals surface area contributed by atoms with E-state index in [0.717, 1.165) is 31.1 Å². The standard InChI is InChI=1S/C22H24N2O2/c1-2-25-21-10-6-9-20(15-21)23-12-11-19(17-23)22-24(13-14-26-22)16-18-7-4-3-5-8-18/h3-12,15,17,22H,2,13-14,16H2,1H3/t22-/m0/s1. The number of nitrogens with zero attached hydrogens (tertiary/aromatic N) is 2. The zero-order valence-electron chi connectivity index (χ0n) is 15.0. The highest BCUT2D eigenvalue weighted by molar-refractivity contribution is 5.40. The Labute approximate surface area is 154 Å². The minimum absolute atomic E-state index is 0.00605. The molecular formula is C22H24N2O2. The maximum Gasteiger partial charge on any atom is 0.138 e. The summed E-state index contributed by atoms with van der Waals surface area (Å²) < 4.78 is 13.8. The number of benzene rings is 2. The van der Waals surface area contributed by atoms with Crippen molar-refractivity contribution in [3.05, 3.63) is 84.2 Å². The fraction of sp³-hybridized carbons (Fsp3) is 0.273. The van der Waals surface area contributed by atoms with E-state index in [-0.39, 0.29) is 6.23 Å². The van der Waals surface area contributed by atoms with Crippen molar-refractivity contribution in [1.29, 1.82) is 0 Å². The molecule has 4 rings (SSSR count). The molecule has 2 heterocycles. The molecule has 1 aliphatic rings. The van der Waals surface area contributed by atoms with Crippen LogP contribution >= 0.6 is 0 Å². The Bertz CT molecular complexity index is 844. The molecule has 2 aromatic carbocycles. The minimum Gasteiger partial charge on any atom is -0.494 e. The van der Waals surface area contributed by atoms with Crippen LogP contribution in [0.5, 0.6) is 5.75 Å². The number of rotatable bonds is 6. The predicted molar refractivity (Wildman–Crippen MR) is 102 cm³/mol. The first-order valence-corrected chi connectivity index (χ1v) is 9.14. The number of ether oxygens (including phenoxy) is 2. The van der Waals surface area contributed by atoms with Gasteiger partial charge in [0.05, 0.1) is 13.2 Å². The number of hydrogen-bond acceptors (Lipinski definition) is 3. The molecule has 3 aromatic rings. The molecule has 1 aromatic heterocycles. The van der Waals surface area contributed by atoms with Crippen LogP contribution in [0, 0.1) is 0 Å². The van der Waals surface area contributed by atoms with Gasteiger partial charge in [0, 0.05) is 42.8 Å². The Morgan fingerprint density at radius 2 is 1.96 bits per heavy atom. The minimum atomic E-state index is 0.00605. The van der Waals surface area contributed by atoms with Crippen LogP contribution in [0.15, 0.2) is 73.1 Å². The van der Waals surface area contributed by atoms with Crippen LogP contribution in [0.4, 0.5) is 0 Å². The van der Waals surface area contributed by atoms with Crippen molar-refractivity contribution in [2.45, 2.75) is 19.7 Å². The second kappa shape index (κ2) is 7.77. The van der Waals surface area contributed by atoms with Gasteiger partial charge in [-0.25, -0.2) is 0 Å². The van der Waals surface area contributed by atoms with Gasteiger partial charge in [-0.15, -0.1) is 0 Å². The zero-order valence-corrected chi connectivity index (χ0v) is 15.0. The van der Waals surface area contributed by atoms with E-state index in [1.807, 2.05) is 19.1 Å². The summed E-state index contributed by atoms with van der Waals surface area (Å²) in [7, 11) is 0. The first kappa shape index (κ1) is 16.9. The van der Waals surface area contributed by atoms with E-state index in [2.05, 4.69) is 70.4 Å². The molecular weight excluding hydrogens is 324 g/mol. The Morgan fingerprint density at radius 3 is 2.81 bits per heavy atom. The third-order valence-electron chi connectivity index (χ3n) is 4.64. The summed E-state index contributed by atoms with van der Waals surface area (Å²) in [6.07, 6.45) is 4.24. The molecule has 134 valence electrons. The lowest BCUT2D eigenvalue weighted by Gasteiger charge is -2.22. The summed E-state index contributed by atoms with van der Waals surface area (Å²) in [4.78, 5) is 2.38. The van der Waals surface area contributed by atoms with Crippen molar-refractivity contribution in [2.75, 3.05) is 19.8 Å². The Morgan fingerprint density at radius 1 is 1.08 bits per heavy atom. The van der Waals surface area contributed by atoms with Gasteiger partial charge in [0.15, 0.2) is 0 Å². The highest BCUT2D eigenvalue weighted by atomic mass is 16.5. The highest BCUT2D eigenvalue weighted by Crippen LogP contribution is 2.29. The van der Waals surface area contributed by atoms with Gasteiger partial charge in [-0.2, -0.15) is 0 Å². The van der Waals surface area contributed by atoms with E-state index in [1.165, 1.54) is 11.1 Å². The average Bonchev–Trinajstić information content (AvgIpc) is 3.32. The lowest BCUT2D eigenvalue weighted by Crippen LogP contribution is -2.23. The molecule has 0 saturated carbocycles. The van der Waals surface area contributed by atoms with Gasteiger partial charge in [-0.3, -0.25) is 4.90 Å². The molecule has 0 N–H and O–H groups in total. The van der Waals surface area contributed by atoms with Crippen molar-refractivity contribution in [1.82, 2.24) is 9.47 Å². The fourth-order valence-corrected chi connectivity index (χ4v) is 3.41. The Kier molecular flexibility index (Phi) is 5.04. The molecule has 0 amide bonds. The average molecular weight is 348 g/mol. The molecule has 1 atom stereocenters. The number of aromatic nitrogens is 1. The quantitative estimate of drug-likeness (QED) is 0.660. The van der Waals surface area contributed by atoms with E-state index in [0.29, 0.717) is 6.61 Å². The SMILES string of the molecule is CCOc1cccc(-n2ccc([C@@H]3OCCN3Cc3ccccc3)c2)c1. The molecule has 4 nitrogen and oxygen atoms in total. The molecule has 0 spiro atoms. The summed E-state index contributed by atoms with van der Waals surface area (Å²) in [5, 5.41) is 0. The molecule has 0 radical (unpaired) electrons. The van der Waals surface area contributed by atoms with Crippen LogP contribution < -0.4 is 4.74 Å². The molecule has 4 heteroatoms. The first-order valence-electron chi connectivity index (χ1n) is 9.14. The molecule has 0 aliphatic carbocycles. The van der Waals surface area contributed by atoms with Crippen molar-refractivity contribution < 1.29 is 9.47 Å². The molecule has 26 heavy (non-hydrogen) atoms. The second-order valence-electron chi connectivity index (χ2n) is 6.46. The van der Waals surface area contributed by atoms with Gasteiger partial charge in [-0.1, -0.05) is 36.4 Å². The topological polar surface area (TPSA) is 26.6 Å². The van der Waals surface area contributed by atoms with Crippen molar-refractivity contribution >= 4 is 0 Å². The fourth-order valence-electron chi connectivity index (χ4n) is 3.41. The highest BCUT2D eigenvalue weighted by Gasteiger charge is 2.27. The third-order valence-corrected chi connectivity index (χ3v) is 4.64.